The fourth-order valence-electron chi connectivity index (χ4n) is 3.74. The van der Waals surface area contributed by atoms with Crippen molar-refractivity contribution in [1.29, 1.82) is 0 Å². The number of aromatic nitrogens is 2. The number of hydrogen-bond acceptors (Lipinski definition) is 7. The summed E-state index contributed by atoms with van der Waals surface area (Å²) in [4.78, 5) is 50.9. The third-order valence-corrected chi connectivity index (χ3v) is 6.89. The number of allylic oxidation sites excluding steroid dienone is 1. The molecule has 0 fully saturated rings. The number of aliphatic imine (C=N–C) groups is 1. The number of nitrogens with zero attached hydrogens (tertiary/aromatic N) is 3. The van der Waals surface area contributed by atoms with Gasteiger partial charge in [-0.15, -0.1) is 0 Å². The second-order valence-electron chi connectivity index (χ2n) is 10.7. The predicted octanol–water partition coefficient (Wildman–Crippen LogP) is 5.63. The van der Waals surface area contributed by atoms with E-state index in [9.17, 15) is 32.7 Å². The molecule has 0 bridgehead atoms. The van der Waals surface area contributed by atoms with Crippen molar-refractivity contribution >= 4 is 29.3 Å². The van der Waals surface area contributed by atoms with E-state index in [2.05, 4.69) is 30.9 Å². The molecule has 45 heavy (non-hydrogen) atoms. The normalized spacial score (nSPS) is 13.9. The quantitative estimate of drug-likeness (QED) is 0.136. The first kappa shape index (κ1) is 36.4. The minimum absolute atomic E-state index is 0.0574. The Labute approximate surface area is 260 Å². The van der Waals surface area contributed by atoms with Crippen LogP contribution in [0.15, 0.2) is 76.4 Å². The molecule has 0 aromatic carbocycles. The summed E-state index contributed by atoms with van der Waals surface area (Å²) < 4.78 is 39.2. The maximum atomic E-state index is 13.4. The molecule has 2 aromatic heterocycles. The summed E-state index contributed by atoms with van der Waals surface area (Å²) in [5.74, 6) is -3.10. The molecule has 0 aliphatic heterocycles. The van der Waals surface area contributed by atoms with Crippen molar-refractivity contribution in [2.24, 2.45) is 10.9 Å². The van der Waals surface area contributed by atoms with Gasteiger partial charge in [0.1, 0.15) is 17.1 Å². The lowest BCUT2D eigenvalue weighted by Crippen LogP contribution is -2.39. The highest BCUT2D eigenvalue weighted by Crippen LogP contribution is 2.36. The second kappa shape index (κ2) is 16.3. The number of aromatic hydroxyl groups is 1. The molecule has 2 unspecified atom stereocenters. The van der Waals surface area contributed by atoms with Crippen LogP contribution in [0.5, 0.6) is 5.75 Å². The van der Waals surface area contributed by atoms with E-state index in [0.29, 0.717) is 35.5 Å². The van der Waals surface area contributed by atoms with Crippen molar-refractivity contribution in [1.82, 2.24) is 20.6 Å². The zero-order chi connectivity index (χ0) is 33.9. The first-order valence-corrected chi connectivity index (χ1v) is 14.2. The van der Waals surface area contributed by atoms with Gasteiger partial charge >= 0.3 is 6.18 Å². The third kappa shape index (κ3) is 11.0. The highest BCUT2D eigenvalue weighted by Gasteiger charge is 2.34. The van der Waals surface area contributed by atoms with Crippen molar-refractivity contribution in [2.75, 3.05) is 5.32 Å². The molecule has 2 aromatic rings. The first-order chi connectivity index (χ1) is 21.0. The Balaban J connectivity index is 2.17. The highest BCUT2D eigenvalue weighted by molar-refractivity contribution is 6.04. The lowest BCUT2D eigenvalue weighted by atomic mass is 9.93. The van der Waals surface area contributed by atoms with Crippen LogP contribution >= 0.6 is 0 Å². The zero-order valence-corrected chi connectivity index (χ0v) is 26.3. The summed E-state index contributed by atoms with van der Waals surface area (Å²) in [6, 6.07) is 3.58. The van der Waals surface area contributed by atoms with Gasteiger partial charge in [-0.05, 0) is 70.7 Å². The van der Waals surface area contributed by atoms with Crippen LogP contribution in [0.4, 0.5) is 19.0 Å². The van der Waals surface area contributed by atoms with E-state index in [-0.39, 0.29) is 29.9 Å². The second-order valence-corrected chi connectivity index (χ2v) is 10.7. The third-order valence-electron chi connectivity index (χ3n) is 6.89. The predicted molar refractivity (Wildman–Crippen MR) is 166 cm³/mol. The molecule has 0 saturated heterocycles. The summed E-state index contributed by atoms with van der Waals surface area (Å²) in [6.45, 7) is 12.4. The van der Waals surface area contributed by atoms with Gasteiger partial charge in [-0.2, -0.15) is 13.2 Å². The van der Waals surface area contributed by atoms with Crippen molar-refractivity contribution in [3.63, 3.8) is 0 Å². The number of carbonyl (C=O) groups is 3. The van der Waals surface area contributed by atoms with Crippen molar-refractivity contribution < 1.29 is 32.7 Å². The average molecular weight is 629 g/mol. The molecule has 2 heterocycles. The van der Waals surface area contributed by atoms with Crippen LogP contribution in [-0.4, -0.2) is 44.5 Å². The fourth-order valence-corrected chi connectivity index (χ4v) is 3.74. The standard InChI is InChI=1S/C32H39F3N6O4/c1-8-19(4)25(12-24(18(2)3)30(44)39-16-23-10-9-11-36-15-23)31(45)40-22(7)21(6)37-14-20(5)29(43)41-28-13-26(32(33,34)35)27(42)17-38-28/h9-15,17,19,22,42H,8,16H2,1-7H3,(H,39,44)(H,40,45)(H,38,41,43)/b20-14+,25-12+,37-21+. The molecule has 0 spiro atoms. The van der Waals surface area contributed by atoms with Crippen molar-refractivity contribution in [3.05, 3.63) is 82.5 Å². The van der Waals surface area contributed by atoms with Gasteiger partial charge in [0.05, 0.1) is 12.2 Å². The first-order valence-electron chi connectivity index (χ1n) is 14.2. The largest absolute Gasteiger partial charge is 0.506 e. The molecular formula is C32H39F3N6O4. The smallest absolute Gasteiger partial charge is 0.420 e. The van der Waals surface area contributed by atoms with Crippen LogP contribution in [0, 0.1) is 5.92 Å². The Bertz CT molecular complexity index is 1510. The van der Waals surface area contributed by atoms with Crippen molar-refractivity contribution in [2.45, 2.75) is 73.6 Å². The van der Waals surface area contributed by atoms with E-state index in [0.717, 1.165) is 11.1 Å². The molecule has 0 aliphatic carbocycles. The molecule has 2 rings (SSSR count). The summed E-state index contributed by atoms with van der Waals surface area (Å²) in [5, 5.41) is 17.4. The van der Waals surface area contributed by atoms with Crippen LogP contribution in [0.1, 0.15) is 66.0 Å². The Hall–Kier alpha value is -4.81. The maximum Gasteiger partial charge on any atom is 0.420 e. The Morgan fingerprint density at radius 1 is 1.07 bits per heavy atom. The van der Waals surface area contributed by atoms with Gasteiger partial charge in [0.2, 0.25) is 5.91 Å². The minimum Gasteiger partial charge on any atom is -0.506 e. The van der Waals surface area contributed by atoms with Gasteiger partial charge in [-0.1, -0.05) is 25.5 Å². The number of anilines is 1. The van der Waals surface area contributed by atoms with Gasteiger partial charge in [0.15, 0.2) is 0 Å². The van der Waals surface area contributed by atoms with E-state index < -0.39 is 35.3 Å². The number of pyridine rings is 2. The highest BCUT2D eigenvalue weighted by atomic mass is 19.4. The lowest BCUT2D eigenvalue weighted by Gasteiger charge is -2.19. The number of alkyl halides is 3. The summed E-state index contributed by atoms with van der Waals surface area (Å²) in [7, 11) is 0. The van der Waals surface area contributed by atoms with Gasteiger partial charge in [0, 0.05) is 47.6 Å². The number of nitrogens with one attached hydrogen (secondary N) is 3. The van der Waals surface area contributed by atoms with E-state index >= 15 is 0 Å². The van der Waals surface area contributed by atoms with Crippen LogP contribution in [0.3, 0.4) is 0 Å². The number of amides is 3. The number of halogens is 3. The molecule has 242 valence electrons. The minimum atomic E-state index is -4.83. The van der Waals surface area contributed by atoms with E-state index in [1.165, 1.54) is 13.1 Å². The van der Waals surface area contributed by atoms with Crippen LogP contribution in [0.2, 0.25) is 0 Å². The van der Waals surface area contributed by atoms with E-state index in [4.69, 9.17) is 0 Å². The molecule has 0 aliphatic rings. The SMILES string of the molecule is CCC(C)/C(=C\C(C(=O)NCc1cccnc1)=C(C)C)C(=O)NC(C)/C(C)=N/C=C(\C)C(=O)Nc1cc(C(F)(F)F)c(O)cn1. The topological polar surface area (TPSA) is 146 Å². The Morgan fingerprint density at radius 2 is 1.76 bits per heavy atom. The molecule has 10 nitrogen and oxygen atoms in total. The van der Waals surface area contributed by atoms with E-state index in [1.54, 1.807) is 52.2 Å². The molecular weight excluding hydrogens is 589 g/mol. The summed E-state index contributed by atoms with van der Waals surface area (Å²) in [6.07, 6.45) is 2.54. The lowest BCUT2D eigenvalue weighted by molar-refractivity contribution is -0.138. The molecule has 3 amide bonds. The average Bonchev–Trinajstić information content (AvgIpc) is 2.99. The number of carbonyl (C=O) groups excluding carboxylic acids is 3. The van der Waals surface area contributed by atoms with E-state index in [1.807, 2.05) is 19.9 Å². The van der Waals surface area contributed by atoms with Crippen LogP contribution < -0.4 is 16.0 Å². The van der Waals surface area contributed by atoms with Gasteiger partial charge in [-0.25, -0.2) is 4.98 Å². The summed E-state index contributed by atoms with van der Waals surface area (Å²) in [5.41, 5.74) is 1.52. The maximum absolute atomic E-state index is 13.4. The molecule has 4 N–H and O–H groups in total. The van der Waals surface area contributed by atoms with Crippen LogP contribution in [-0.2, 0) is 27.1 Å². The number of rotatable bonds is 12. The monoisotopic (exact) mass is 628 g/mol. The van der Waals surface area contributed by atoms with Crippen molar-refractivity contribution in [3.8, 4) is 5.75 Å². The molecule has 0 saturated carbocycles. The van der Waals surface area contributed by atoms with Gasteiger partial charge < -0.3 is 21.1 Å². The Kier molecular flexibility index (Phi) is 13.2. The fraction of sp³-hybridized carbons (Fsp3) is 0.375. The number of hydrogen-bond donors (Lipinski definition) is 4. The molecule has 0 radical (unpaired) electrons. The van der Waals surface area contributed by atoms with Gasteiger partial charge in [-0.3, -0.25) is 24.4 Å². The zero-order valence-electron chi connectivity index (χ0n) is 26.3. The van der Waals surface area contributed by atoms with Crippen LogP contribution in [0.25, 0.3) is 0 Å². The Morgan fingerprint density at radius 3 is 2.33 bits per heavy atom. The molecule has 2 atom stereocenters. The van der Waals surface area contributed by atoms with Gasteiger partial charge in [0.25, 0.3) is 11.8 Å². The molecule has 13 heteroatoms. The summed E-state index contributed by atoms with van der Waals surface area (Å²) >= 11 is 0.